The van der Waals surface area contributed by atoms with E-state index in [0.717, 1.165) is 6.07 Å². The molecule has 2 aromatic rings. The molecular weight excluding hydrogens is 674 g/mol. The fraction of sp³-hybridized carbons (Fsp3) is 0.391. The van der Waals surface area contributed by atoms with Crippen molar-refractivity contribution >= 4 is 53.3 Å². The Morgan fingerprint density at radius 3 is 2.32 bits per heavy atom. The Kier molecular flexibility index (Phi) is 8.64. The van der Waals surface area contributed by atoms with Gasteiger partial charge in [-0.3, -0.25) is 4.79 Å². The molecule has 0 bridgehead atoms. The number of nitrogens with zero attached hydrogens (tertiary/aromatic N) is 2. The number of halogens is 8. The summed E-state index contributed by atoms with van der Waals surface area (Å²) in [6.45, 7) is 1.43. The lowest BCUT2D eigenvalue weighted by atomic mass is 9.85. The van der Waals surface area contributed by atoms with E-state index >= 15 is 0 Å². The molecule has 3 rings (SSSR count). The summed E-state index contributed by atoms with van der Waals surface area (Å²) in [5.74, 6) is -1.47. The third-order valence-corrected chi connectivity index (χ3v) is 8.64. The lowest BCUT2D eigenvalue weighted by Crippen LogP contribution is -2.43. The van der Waals surface area contributed by atoms with Gasteiger partial charge in [0.25, 0.3) is 5.60 Å². The Morgan fingerprint density at radius 1 is 1.11 bits per heavy atom. The topological polar surface area (TPSA) is 76.0 Å². The van der Waals surface area contributed by atoms with Gasteiger partial charge in [0.1, 0.15) is 5.75 Å². The Bertz CT molecular complexity index is 1380. The minimum atomic E-state index is -5.11. The molecule has 1 aliphatic heterocycles. The molecule has 1 heterocycles. The molecule has 0 N–H and O–H groups in total. The van der Waals surface area contributed by atoms with Crippen LogP contribution < -0.4 is 0 Å². The second-order valence-corrected chi connectivity index (χ2v) is 12.7. The highest BCUT2D eigenvalue weighted by Crippen LogP contribution is 2.50. The van der Waals surface area contributed by atoms with Crippen LogP contribution in [0.15, 0.2) is 50.5 Å². The van der Waals surface area contributed by atoms with Crippen molar-refractivity contribution in [1.82, 2.24) is 4.90 Å². The summed E-state index contributed by atoms with van der Waals surface area (Å²) in [7, 11) is -2.12. The maximum atomic E-state index is 14.3. The van der Waals surface area contributed by atoms with E-state index in [2.05, 4.69) is 37.0 Å². The van der Waals surface area contributed by atoms with Crippen molar-refractivity contribution in [2.24, 2.45) is 5.16 Å². The largest absolute Gasteiger partial charge is 0.435 e. The Hall–Kier alpha value is -2.13. The first-order chi connectivity index (χ1) is 17.4. The number of carbonyl (C=O) groups excluding carboxylic acids is 1. The highest BCUT2D eigenvalue weighted by molar-refractivity contribution is 9.10. The molecule has 0 saturated heterocycles. The molecule has 0 saturated carbocycles. The number of carbonyl (C=O) groups is 1. The molecular formula is C23H20Br2F6N2O4S. The first-order valence-corrected chi connectivity index (χ1v) is 14.2. The van der Waals surface area contributed by atoms with Crippen molar-refractivity contribution in [1.29, 1.82) is 0 Å². The number of hydrogen-bond acceptors (Lipinski definition) is 5. The normalized spacial score (nSPS) is 18.2. The number of alkyl halides is 6. The average Bonchev–Trinajstić information content (AvgIpc) is 3.26. The number of benzene rings is 2. The molecule has 0 spiro atoms. The van der Waals surface area contributed by atoms with Gasteiger partial charge >= 0.3 is 12.4 Å². The summed E-state index contributed by atoms with van der Waals surface area (Å²) in [6.07, 6.45) is -10.9. The van der Waals surface area contributed by atoms with Crippen LogP contribution in [0.3, 0.4) is 0 Å². The minimum absolute atomic E-state index is 0.00660. The van der Waals surface area contributed by atoms with Crippen molar-refractivity contribution in [3.05, 3.63) is 67.6 Å². The van der Waals surface area contributed by atoms with Crippen LogP contribution in [0.2, 0.25) is 0 Å². The number of hydrogen-bond donors (Lipinski definition) is 0. The van der Waals surface area contributed by atoms with Crippen molar-refractivity contribution < 1.29 is 44.4 Å². The molecule has 2 aromatic carbocycles. The zero-order valence-corrected chi connectivity index (χ0v) is 23.7. The van der Waals surface area contributed by atoms with Gasteiger partial charge in [0.15, 0.2) is 9.84 Å². The van der Waals surface area contributed by atoms with Gasteiger partial charge in [-0.15, -0.1) is 0 Å². The lowest BCUT2D eigenvalue weighted by molar-refractivity contribution is -0.276. The summed E-state index contributed by atoms with van der Waals surface area (Å²) in [5, 5.41) is 3.58. The number of rotatable bonds is 7. The second kappa shape index (κ2) is 10.8. The lowest BCUT2D eigenvalue weighted by Gasteiger charge is -2.30. The van der Waals surface area contributed by atoms with Crippen LogP contribution in [0, 0.1) is 0 Å². The Balaban J connectivity index is 1.88. The van der Waals surface area contributed by atoms with Crippen molar-refractivity contribution in [3.8, 4) is 0 Å². The summed E-state index contributed by atoms with van der Waals surface area (Å²) in [5.41, 5.74) is -4.60. The standard InChI is InChI=1S/C23H20Br2F6N2O4S/c1-3-38(35,36)12-20(34)33(2)11-14-5-4-13(6-18(14)25)19-10-21(37-32-19,23(29,30)31)15-7-16(22(26,27)28)9-17(24)8-15/h4-9H,3,10-12H2,1-2H3. The van der Waals surface area contributed by atoms with Crippen LogP contribution in [-0.4, -0.2) is 49.7 Å². The monoisotopic (exact) mass is 692 g/mol. The Morgan fingerprint density at radius 2 is 1.76 bits per heavy atom. The molecule has 0 fully saturated rings. The van der Waals surface area contributed by atoms with Crippen molar-refractivity contribution in [3.63, 3.8) is 0 Å². The molecule has 1 amide bonds. The number of sulfone groups is 1. The van der Waals surface area contributed by atoms with Gasteiger partial charge in [0, 0.05) is 45.8 Å². The van der Waals surface area contributed by atoms with E-state index in [0.29, 0.717) is 22.2 Å². The quantitative estimate of drug-likeness (QED) is 0.324. The number of amides is 1. The van der Waals surface area contributed by atoms with Gasteiger partial charge < -0.3 is 9.74 Å². The van der Waals surface area contributed by atoms with Gasteiger partial charge in [0.2, 0.25) is 5.91 Å². The molecule has 0 aromatic heterocycles. The van der Waals surface area contributed by atoms with Gasteiger partial charge in [-0.05, 0) is 29.8 Å². The summed E-state index contributed by atoms with van der Waals surface area (Å²) in [4.78, 5) is 18.3. The van der Waals surface area contributed by atoms with E-state index in [1.54, 1.807) is 0 Å². The molecule has 15 heteroatoms. The zero-order valence-electron chi connectivity index (χ0n) is 19.8. The van der Waals surface area contributed by atoms with Gasteiger partial charge in [0.05, 0.1) is 11.3 Å². The molecule has 0 aliphatic carbocycles. The zero-order chi connectivity index (χ0) is 28.7. The average molecular weight is 694 g/mol. The second-order valence-electron chi connectivity index (χ2n) is 8.59. The molecule has 1 atom stereocenters. The SMILES string of the molecule is CCS(=O)(=O)CC(=O)N(C)Cc1ccc(C2=NOC(c3cc(Br)cc(C(F)(F)F)c3)(C(F)(F)F)C2)cc1Br. The van der Waals surface area contributed by atoms with Crippen LogP contribution in [0.4, 0.5) is 26.3 Å². The fourth-order valence-corrected chi connectivity index (χ4v) is 5.44. The summed E-state index contributed by atoms with van der Waals surface area (Å²) >= 11 is 6.14. The predicted octanol–water partition coefficient (Wildman–Crippen LogP) is 6.21. The smallest absolute Gasteiger partial charge is 0.374 e. The highest BCUT2D eigenvalue weighted by atomic mass is 79.9. The highest BCUT2D eigenvalue weighted by Gasteiger charge is 2.62. The van der Waals surface area contributed by atoms with Gasteiger partial charge in [-0.2, -0.15) is 26.3 Å². The Labute approximate surface area is 231 Å². The fourth-order valence-electron chi connectivity index (χ4n) is 3.64. The third kappa shape index (κ3) is 6.53. The van der Waals surface area contributed by atoms with E-state index in [1.807, 2.05) is 0 Å². The van der Waals surface area contributed by atoms with Crippen molar-refractivity contribution in [2.45, 2.75) is 37.8 Å². The van der Waals surface area contributed by atoms with E-state index in [1.165, 1.54) is 37.1 Å². The first-order valence-electron chi connectivity index (χ1n) is 10.8. The van der Waals surface area contributed by atoms with E-state index in [-0.39, 0.29) is 28.0 Å². The van der Waals surface area contributed by atoms with Crippen molar-refractivity contribution in [2.75, 3.05) is 18.6 Å². The van der Waals surface area contributed by atoms with Gasteiger partial charge in [-0.1, -0.05) is 56.1 Å². The molecule has 38 heavy (non-hydrogen) atoms. The maximum absolute atomic E-state index is 14.3. The predicted molar refractivity (Wildman–Crippen MR) is 134 cm³/mol. The summed E-state index contributed by atoms with van der Waals surface area (Å²) < 4.78 is 106. The minimum Gasteiger partial charge on any atom is -0.374 e. The molecule has 208 valence electrons. The summed E-state index contributed by atoms with van der Waals surface area (Å²) in [6, 6.07) is 6.34. The van der Waals surface area contributed by atoms with E-state index in [4.69, 9.17) is 4.84 Å². The van der Waals surface area contributed by atoms with E-state index in [9.17, 15) is 39.6 Å². The van der Waals surface area contributed by atoms with Crippen LogP contribution in [0.5, 0.6) is 0 Å². The van der Waals surface area contributed by atoms with Crippen LogP contribution in [0.1, 0.15) is 35.6 Å². The number of oxime groups is 1. The van der Waals surface area contributed by atoms with Crippen LogP contribution in [0.25, 0.3) is 0 Å². The van der Waals surface area contributed by atoms with Gasteiger partial charge in [-0.25, -0.2) is 8.42 Å². The molecule has 0 radical (unpaired) electrons. The van der Waals surface area contributed by atoms with Crippen LogP contribution >= 0.6 is 31.9 Å². The molecule has 1 aliphatic rings. The molecule has 1 unspecified atom stereocenters. The van der Waals surface area contributed by atoms with Crippen LogP contribution in [-0.2, 0) is 37.8 Å². The third-order valence-electron chi connectivity index (χ3n) is 5.88. The first kappa shape index (κ1) is 30.4. The van der Waals surface area contributed by atoms with E-state index < -0.39 is 57.0 Å². The molecule has 6 nitrogen and oxygen atoms in total. The maximum Gasteiger partial charge on any atom is 0.435 e.